The van der Waals surface area contributed by atoms with E-state index in [1.54, 1.807) is 6.20 Å². The summed E-state index contributed by atoms with van der Waals surface area (Å²) in [7, 11) is 0. The number of aliphatic carboxylic acids is 1. The standard InChI is InChI=1S/C17H26N4O3/c1-2-8-21(14-17(23)24)16(22)6-9-19-10-12-20(13-11-19)15-5-3-4-7-18-15/h3-5,7H,2,6,8-14H2,1H3,(H,23,24). The molecule has 7 heteroatoms. The van der Waals surface area contributed by atoms with Gasteiger partial charge < -0.3 is 14.9 Å². The van der Waals surface area contributed by atoms with Crippen LogP contribution in [0.3, 0.4) is 0 Å². The van der Waals surface area contributed by atoms with E-state index in [1.165, 1.54) is 4.90 Å². The molecule has 0 saturated carbocycles. The molecule has 7 nitrogen and oxygen atoms in total. The first-order chi connectivity index (χ1) is 11.6. The minimum atomic E-state index is -0.958. The van der Waals surface area contributed by atoms with Crippen LogP contribution >= 0.6 is 0 Å². The fraction of sp³-hybridized carbons (Fsp3) is 0.588. The maximum atomic E-state index is 12.2. The van der Waals surface area contributed by atoms with Crippen LogP contribution in [-0.4, -0.2) is 77.6 Å². The van der Waals surface area contributed by atoms with Gasteiger partial charge in [0.15, 0.2) is 0 Å². The number of nitrogens with zero attached hydrogens (tertiary/aromatic N) is 4. The summed E-state index contributed by atoms with van der Waals surface area (Å²) in [6, 6.07) is 5.90. The van der Waals surface area contributed by atoms with Gasteiger partial charge >= 0.3 is 5.97 Å². The normalized spacial score (nSPS) is 15.3. The average Bonchev–Trinajstić information content (AvgIpc) is 2.60. The van der Waals surface area contributed by atoms with E-state index < -0.39 is 5.97 Å². The predicted molar refractivity (Wildman–Crippen MR) is 92.0 cm³/mol. The zero-order valence-corrected chi connectivity index (χ0v) is 14.2. The van der Waals surface area contributed by atoms with Gasteiger partial charge in [-0.1, -0.05) is 13.0 Å². The highest BCUT2D eigenvalue weighted by Crippen LogP contribution is 2.12. The molecule has 0 aliphatic carbocycles. The Morgan fingerprint density at radius 3 is 2.58 bits per heavy atom. The summed E-state index contributed by atoms with van der Waals surface area (Å²) < 4.78 is 0. The molecular weight excluding hydrogens is 308 g/mol. The summed E-state index contributed by atoms with van der Waals surface area (Å²) in [5, 5.41) is 8.90. The van der Waals surface area contributed by atoms with Crippen molar-refractivity contribution in [3.8, 4) is 0 Å². The summed E-state index contributed by atoms with van der Waals surface area (Å²) in [6.45, 7) is 6.46. The molecule has 24 heavy (non-hydrogen) atoms. The fourth-order valence-corrected chi connectivity index (χ4v) is 2.88. The van der Waals surface area contributed by atoms with Gasteiger partial charge in [0.1, 0.15) is 12.4 Å². The Hall–Kier alpha value is -2.15. The van der Waals surface area contributed by atoms with Gasteiger partial charge in [0.2, 0.25) is 5.91 Å². The molecule has 0 unspecified atom stereocenters. The van der Waals surface area contributed by atoms with Gasteiger partial charge in [0.05, 0.1) is 0 Å². The molecule has 2 rings (SSSR count). The molecule has 0 atom stereocenters. The Labute approximate surface area is 142 Å². The Kier molecular flexibility index (Phi) is 6.99. The van der Waals surface area contributed by atoms with Crippen LogP contribution in [0.1, 0.15) is 19.8 Å². The third kappa shape index (κ3) is 5.49. The number of hydrogen-bond acceptors (Lipinski definition) is 5. The lowest BCUT2D eigenvalue weighted by Crippen LogP contribution is -2.48. The van der Waals surface area contributed by atoms with Crippen molar-refractivity contribution >= 4 is 17.7 Å². The number of carboxylic acid groups (broad SMARTS) is 1. The Morgan fingerprint density at radius 2 is 2.00 bits per heavy atom. The minimum Gasteiger partial charge on any atom is -0.480 e. The molecule has 1 aliphatic rings. The number of amides is 1. The lowest BCUT2D eigenvalue weighted by Gasteiger charge is -2.35. The number of carbonyl (C=O) groups excluding carboxylic acids is 1. The molecule has 1 fully saturated rings. The topological polar surface area (TPSA) is 77.0 Å². The molecular formula is C17H26N4O3. The number of carbonyl (C=O) groups is 2. The molecule has 1 aromatic rings. The van der Waals surface area contributed by atoms with Crippen molar-refractivity contribution in [1.29, 1.82) is 0 Å². The van der Waals surface area contributed by atoms with Gasteiger partial charge in [0, 0.05) is 51.9 Å². The van der Waals surface area contributed by atoms with Crippen LogP contribution < -0.4 is 4.90 Å². The number of piperazine rings is 1. The number of anilines is 1. The van der Waals surface area contributed by atoms with E-state index in [4.69, 9.17) is 5.11 Å². The van der Waals surface area contributed by atoms with Crippen LogP contribution in [-0.2, 0) is 9.59 Å². The molecule has 0 aromatic carbocycles. The summed E-state index contributed by atoms with van der Waals surface area (Å²) in [5.41, 5.74) is 0. The first kappa shape index (κ1) is 18.2. The van der Waals surface area contributed by atoms with Gasteiger partial charge in [-0.3, -0.25) is 14.5 Å². The van der Waals surface area contributed by atoms with E-state index in [2.05, 4.69) is 14.8 Å². The third-order valence-corrected chi connectivity index (χ3v) is 4.16. The second-order valence-corrected chi connectivity index (χ2v) is 5.98. The van der Waals surface area contributed by atoms with Gasteiger partial charge in [-0.2, -0.15) is 0 Å². The number of aromatic nitrogens is 1. The number of rotatable bonds is 8. The first-order valence-electron chi connectivity index (χ1n) is 8.48. The maximum absolute atomic E-state index is 12.2. The van der Waals surface area contributed by atoms with Crippen LogP contribution in [0.25, 0.3) is 0 Å². The van der Waals surface area contributed by atoms with E-state index >= 15 is 0 Å². The van der Waals surface area contributed by atoms with Crippen LogP contribution in [0.15, 0.2) is 24.4 Å². The second-order valence-electron chi connectivity index (χ2n) is 5.98. The SMILES string of the molecule is CCCN(CC(=O)O)C(=O)CCN1CCN(c2ccccn2)CC1. The minimum absolute atomic E-state index is 0.0774. The monoisotopic (exact) mass is 334 g/mol. The summed E-state index contributed by atoms with van der Waals surface area (Å²) in [6.07, 6.45) is 2.93. The van der Waals surface area contributed by atoms with Crippen molar-refractivity contribution in [2.75, 3.05) is 50.7 Å². The van der Waals surface area contributed by atoms with Crippen molar-refractivity contribution in [3.63, 3.8) is 0 Å². The Bertz CT molecular complexity index is 530. The molecule has 132 valence electrons. The highest BCUT2D eigenvalue weighted by atomic mass is 16.4. The molecule has 0 spiro atoms. The summed E-state index contributed by atoms with van der Waals surface area (Å²) in [4.78, 5) is 33.4. The average molecular weight is 334 g/mol. The van der Waals surface area contributed by atoms with Crippen molar-refractivity contribution in [2.24, 2.45) is 0 Å². The van der Waals surface area contributed by atoms with Crippen LogP contribution in [0.2, 0.25) is 0 Å². The smallest absolute Gasteiger partial charge is 0.323 e. The molecule has 1 aliphatic heterocycles. The quantitative estimate of drug-likeness (QED) is 0.762. The van der Waals surface area contributed by atoms with Gasteiger partial charge in [-0.15, -0.1) is 0 Å². The molecule has 1 amide bonds. The van der Waals surface area contributed by atoms with Crippen molar-refractivity contribution in [1.82, 2.24) is 14.8 Å². The molecule has 0 bridgehead atoms. The summed E-state index contributed by atoms with van der Waals surface area (Å²) >= 11 is 0. The molecule has 1 N–H and O–H groups in total. The fourth-order valence-electron chi connectivity index (χ4n) is 2.88. The molecule has 0 radical (unpaired) electrons. The zero-order valence-electron chi connectivity index (χ0n) is 14.2. The van der Waals surface area contributed by atoms with Crippen molar-refractivity contribution in [2.45, 2.75) is 19.8 Å². The number of carboxylic acids is 1. The Balaban J connectivity index is 1.75. The van der Waals surface area contributed by atoms with Crippen LogP contribution in [0.5, 0.6) is 0 Å². The molecule has 1 aromatic heterocycles. The third-order valence-electron chi connectivity index (χ3n) is 4.16. The van der Waals surface area contributed by atoms with Gasteiger partial charge in [-0.25, -0.2) is 4.98 Å². The Morgan fingerprint density at radius 1 is 1.25 bits per heavy atom. The van der Waals surface area contributed by atoms with Crippen LogP contribution in [0, 0.1) is 0 Å². The van der Waals surface area contributed by atoms with E-state index in [1.807, 2.05) is 25.1 Å². The van der Waals surface area contributed by atoms with Crippen molar-refractivity contribution < 1.29 is 14.7 Å². The first-order valence-corrected chi connectivity index (χ1v) is 8.48. The number of pyridine rings is 1. The maximum Gasteiger partial charge on any atom is 0.323 e. The highest BCUT2D eigenvalue weighted by Gasteiger charge is 2.20. The van der Waals surface area contributed by atoms with Crippen LogP contribution in [0.4, 0.5) is 5.82 Å². The summed E-state index contributed by atoms with van der Waals surface area (Å²) in [5.74, 6) is -0.0454. The van der Waals surface area contributed by atoms with E-state index in [-0.39, 0.29) is 12.5 Å². The van der Waals surface area contributed by atoms with E-state index in [9.17, 15) is 9.59 Å². The number of hydrogen-bond donors (Lipinski definition) is 1. The van der Waals surface area contributed by atoms with E-state index in [0.717, 1.165) is 38.4 Å². The van der Waals surface area contributed by atoms with Gasteiger partial charge in [-0.05, 0) is 18.6 Å². The zero-order chi connectivity index (χ0) is 17.4. The largest absolute Gasteiger partial charge is 0.480 e. The lowest BCUT2D eigenvalue weighted by atomic mass is 10.2. The van der Waals surface area contributed by atoms with Crippen molar-refractivity contribution in [3.05, 3.63) is 24.4 Å². The lowest BCUT2D eigenvalue weighted by molar-refractivity contribution is -0.144. The molecule has 1 saturated heterocycles. The second kappa shape index (κ2) is 9.22. The van der Waals surface area contributed by atoms with E-state index in [0.29, 0.717) is 19.5 Å². The molecule has 2 heterocycles. The highest BCUT2D eigenvalue weighted by molar-refractivity contribution is 5.81. The predicted octanol–water partition coefficient (Wildman–Crippen LogP) is 0.917. The van der Waals surface area contributed by atoms with Gasteiger partial charge in [0.25, 0.3) is 0 Å².